The van der Waals surface area contributed by atoms with E-state index in [9.17, 15) is 9.59 Å². The summed E-state index contributed by atoms with van der Waals surface area (Å²) in [5, 5.41) is 2.36. The summed E-state index contributed by atoms with van der Waals surface area (Å²) >= 11 is 0. The van der Waals surface area contributed by atoms with Gasteiger partial charge >= 0.3 is 11.4 Å². The number of H-pyrrole nitrogens is 2. The molecule has 0 radical (unpaired) electrons. The number of nitrogens with zero attached hydrogens (tertiary/aromatic N) is 1. The van der Waals surface area contributed by atoms with Crippen LogP contribution in [0.5, 0.6) is 0 Å². The molecule has 5 nitrogen and oxygen atoms in total. The predicted octanol–water partition coefficient (Wildman–Crippen LogP) is 0.00180. The van der Waals surface area contributed by atoms with Crippen LogP contribution in [0, 0.1) is 0 Å². The minimum Gasteiger partial charge on any atom is -0.257 e. The fourth-order valence-corrected chi connectivity index (χ4v) is 0.839. The van der Waals surface area contributed by atoms with Crippen LogP contribution >= 0.6 is 0 Å². The van der Waals surface area contributed by atoms with Crippen LogP contribution in [-0.4, -0.2) is 14.8 Å². The maximum Gasteiger partial charge on any atom is 0.344 e. The molecule has 0 amide bonds. The van der Waals surface area contributed by atoms with E-state index in [2.05, 4.69) is 16.7 Å². The van der Waals surface area contributed by atoms with Crippen molar-refractivity contribution in [2.24, 2.45) is 0 Å². The van der Waals surface area contributed by atoms with Crippen molar-refractivity contribution >= 4 is 0 Å². The highest BCUT2D eigenvalue weighted by atomic mass is 16.2. The van der Waals surface area contributed by atoms with Gasteiger partial charge in [0, 0.05) is 0 Å². The first-order chi connectivity index (χ1) is 5.52. The van der Waals surface area contributed by atoms with Gasteiger partial charge in [-0.25, -0.2) is 19.4 Å². The SMILES string of the molecule is C=C(C)C(C)n1[nH]c(=O)[nH]c1=O. The molecule has 1 aromatic heterocycles. The second-order valence-corrected chi connectivity index (χ2v) is 2.76. The first kappa shape index (κ1) is 8.58. The predicted molar refractivity (Wildman–Crippen MR) is 45.2 cm³/mol. The van der Waals surface area contributed by atoms with E-state index < -0.39 is 11.4 Å². The molecule has 0 aliphatic rings. The lowest BCUT2D eigenvalue weighted by Crippen LogP contribution is -2.22. The van der Waals surface area contributed by atoms with E-state index in [0.29, 0.717) is 0 Å². The first-order valence-corrected chi connectivity index (χ1v) is 3.58. The Morgan fingerprint density at radius 1 is 1.58 bits per heavy atom. The summed E-state index contributed by atoms with van der Waals surface area (Å²) in [7, 11) is 0. The van der Waals surface area contributed by atoms with Gasteiger partial charge < -0.3 is 0 Å². The summed E-state index contributed by atoms with van der Waals surface area (Å²) in [6.45, 7) is 7.27. The van der Waals surface area contributed by atoms with Crippen molar-refractivity contribution in [1.82, 2.24) is 14.8 Å². The Kier molecular flexibility index (Phi) is 2.03. The monoisotopic (exact) mass is 169 g/mol. The van der Waals surface area contributed by atoms with Gasteiger partial charge in [-0.3, -0.25) is 4.98 Å². The summed E-state index contributed by atoms with van der Waals surface area (Å²) in [5.74, 6) is 0. The zero-order valence-corrected chi connectivity index (χ0v) is 7.05. The van der Waals surface area contributed by atoms with Crippen LogP contribution < -0.4 is 11.4 Å². The molecular weight excluding hydrogens is 158 g/mol. The number of nitrogens with one attached hydrogen (secondary N) is 2. The van der Waals surface area contributed by atoms with Gasteiger partial charge in [0.2, 0.25) is 0 Å². The van der Waals surface area contributed by atoms with Gasteiger partial charge in [-0.15, -0.1) is 0 Å². The Hall–Kier alpha value is -1.52. The molecule has 1 unspecified atom stereocenters. The molecule has 0 fully saturated rings. The topological polar surface area (TPSA) is 70.7 Å². The highest BCUT2D eigenvalue weighted by Crippen LogP contribution is 2.08. The fraction of sp³-hybridized carbons (Fsp3) is 0.429. The quantitative estimate of drug-likeness (QED) is 0.612. The minimum atomic E-state index is -0.492. The molecule has 0 bridgehead atoms. The van der Waals surface area contributed by atoms with E-state index in [1.54, 1.807) is 13.8 Å². The van der Waals surface area contributed by atoms with Gasteiger partial charge in [0.1, 0.15) is 0 Å². The molecule has 1 atom stereocenters. The van der Waals surface area contributed by atoms with Crippen LogP contribution in [0.1, 0.15) is 19.9 Å². The Labute approximate surface area is 68.7 Å². The Balaban J connectivity index is 3.19. The van der Waals surface area contributed by atoms with Gasteiger partial charge in [0.15, 0.2) is 0 Å². The lowest BCUT2D eigenvalue weighted by atomic mass is 10.2. The average Bonchev–Trinajstić information content (AvgIpc) is 2.28. The molecule has 2 N–H and O–H groups in total. The van der Waals surface area contributed by atoms with Crippen molar-refractivity contribution in [3.63, 3.8) is 0 Å². The highest BCUT2D eigenvalue weighted by molar-refractivity contribution is 4.97. The van der Waals surface area contributed by atoms with Gasteiger partial charge in [0.05, 0.1) is 6.04 Å². The van der Waals surface area contributed by atoms with E-state index in [1.165, 1.54) is 4.68 Å². The number of aromatic nitrogens is 3. The van der Waals surface area contributed by atoms with Crippen LogP contribution in [0.2, 0.25) is 0 Å². The number of aromatic amines is 2. The molecule has 0 saturated carbocycles. The lowest BCUT2D eigenvalue weighted by Gasteiger charge is -2.09. The average molecular weight is 169 g/mol. The highest BCUT2D eigenvalue weighted by Gasteiger charge is 2.08. The van der Waals surface area contributed by atoms with E-state index in [-0.39, 0.29) is 6.04 Å². The molecule has 1 heterocycles. The molecule has 1 aromatic rings. The third kappa shape index (κ3) is 1.39. The molecule has 5 heteroatoms. The maximum atomic E-state index is 11.0. The van der Waals surface area contributed by atoms with E-state index >= 15 is 0 Å². The Bertz CT molecular complexity index is 395. The van der Waals surface area contributed by atoms with E-state index in [0.717, 1.165) is 5.57 Å². The first-order valence-electron chi connectivity index (χ1n) is 3.58. The second-order valence-electron chi connectivity index (χ2n) is 2.76. The molecule has 1 rings (SSSR count). The van der Waals surface area contributed by atoms with Crippen LogP contribution in [0.15, 0.2) is 21.7 Å². The van der Waals surface area contributed by atoms with Crippen molar-refractivity contribution in [3.05, 3.63) is 33.1 Å². The molecule has 0 aliphatic carbocycles. The normalized spacial score (nSPS) is 12.8. The van der Waals surface area contributed by atoms with Crippen LogP contribution in [0.3, 0.4) is 0 Å². The summed E-state index contributed by atoms with van der Waals surface area (Å²) in [4.78, 5) is 23.8. The summed E-state index contributed by atoms with van der Waals surface area (Å²) in [5.41, 5.74) is -0.115. The van der Waals surface area contributed by atoms with Crippen molar-refractivity contribution in [1.29, 1.82) is 0 Å². The number of allylic oxidation sites excluding steroid dienone is 1. The molecule has 0 saturated heterocycles. The molecule has 0 spiro atoms. The van der Waals surface area contributed by atoms with Gasteiger partial charge in [-0.1, -0.05) is 12.2 Å². The molecular formula is C7H11N3O2. The summed E-state index contributed by atoms with van der Waals surface area (Å²) < 4.78 is 1.21. The van der Waals surface area contributed by atoms with E-state index in [1.807, 2.05) is 0 Å². The molecule has 12 heavy (non-hydrogen) atoms. The standard InChI is InChI=1S/C7H11N3O2/c1-4(2)5(3)10-7(12)8-6(11)9-10/h5H,1H2,2-3H3,(H2,8,9,11,12). The Morgan fingerprint density at radius 3 is 2.50 bits per heavy atom. The molecule has 0 aromatic carbocycles. The number of rotatable bonds is 2. The smallest absolute Gasteiger partial charge is 0.257 e. The Morgan fingerprint density at radius 2 is 2.17 bits per heavy atom. The van der Waals surface area contributed by atoms with E-state index in [4.69, 9.17) is 0 Å². The summed E-state index contributed by atoms with van der Waals surface area (Å²) in [6, 6.07) is -0.184. The third-order valence-electron chi connectivity index (χ3n) is 1.76. The number of hydrogen-bond donors (Lipinski definition) is 2. The van der Waals surface area contributed by atoms with Crippen LogP contribution in [-0.2, 0) is 0 Å². The summed E-state index contributed by atoms with van der Waals surface area (Å²) in [6.07, 6.45) is 0. The van der Waals surface area contributed by atoms with Gasteiger partial charge in [-0.05, 0) is 13.8 Å². The van der Waals surface area contributed by atoms with Crippen LogP contribution in [0.25, 0.3) is 0 Å². The van der Waals surface area contributed by atoms with Gasteiger partial charge in [-0.2, -0.15) is 0 Å². The molecule has 0 aliphatic heterocycles. The van der Waals surface area contributed by atoms with Gasteiger partial charge in [0.25, 0.3) is 0 Å². The second kappa shape index (κ2) is 2.84. The fourth-order valence-electron chi connectivity index (χ4n) is 0.839. The minimum absolute atomic E-state index is 0.184. The third-order valence-corrected chi connectivity index (χ3v) is 1.76. The zero-order chi connectivity index (χ0) is 9.30. The molecule has 66 valence electrons. The van der Waals surface area contributed by atoms with Crippen molar-refractivity contribution in [2.75, 3.05) is 0 Å². The zero-order valence-electron chi connectivity index (χ0n) is 7.05. The maximum absolute atomic E-state index is 11.0. The van der Waals surface area contributed by atoms with Crippen molar-refractivity contribution < 1.29 is 0 Å². The number of hydrogen-bond acceptors (Lipinski definition) is 2. The van der Waals surface area contributed by atoms with Crippen molar-refractivity contribution in [2.45, 2.75) is 19.9 Å². The largest absolute Gasteiger partial charge is 0.344 e. The van der Waals surface area contributed by atoms with Crippen LogP contribution in [0.4, 0.5) is 0 Å². The van der Waals surface area contributed by atoms with Crippen molar-refractivity contribution in [3.8, 4) is 0 Å². The lowest BCUT2D eigenvalue weighted by molar-refractivity contribution is 0.533.